The van der Waals surface area contributed by atoms with Crippen molar-refractivity contribution in [3.63, 3.8) is 0 Å². The lowest BCUT2D eigenvalue weighted by molar-refractivity contribution is -0.114. The molecule has 1 aromatic heterocycles. The van der Waals surface area contributed by atoms with E-state index in [2.05, 4.69) is 15.2 Å². The van der Waals surface area contributed by atoms with Gasteiger partial charge in [0.1, 0.15) is 0 Å². The van der Waals surface area contributed by atoms with Gasteiger partial charge in [-0.15, -0.1) is 0 Å². The van der Waals surface area contributed by atoms with E-state index in [1.807, 2.05) is 13.0 Å². The molecule has 27 heavy (non-hydrogen) atoms. The van der Waals surface area contributed by atoms with Crippen molar-refractivity contribution in [3.8, 4) is 11.1 Å². The van der Waals surface area contributed by atoms with E-state index in [0.717, 1.165) is 25.7 Å². The lowest BCUT2D eigenvalue weighted by Gasteiger charge is -2.15. The second-order valence-corrected chi connectivity index (χ2v) is 8.63. The van der Waals surface area contributed by atoms with E-state index in [4.69, 9.17) is 4.52 Å². The van der Waals surface area contributed by atoms with Crippen molar-refractivity contribution in [1.82, 2.24) is 9.88 Å². The van der Waals surface area contributed by atoms with Gasteiger partial charge in [-0.2, -0.15) is 0 Å². The standard InChI is InChI=1S/C19H25N3O4S/c1-4-16-18(19(26-21-16)20-13(3)23)14-10-9-12(2)17(11-14)27(24,25)22-15-7-5-6-8-15/h9-11,15,22H,4-8H2,1-3H3,(H,20,23). The van der Waals surface area contributed by atoms with E-state index >= 15 is 0 Å². The number of hydrogen-bond acceptors (Lipinski definition) is 5. The summed E-state index contributed by atoms with van der Waals surface area (Å²) in [6, 6.07) is 5.21. The van der Waals surface area contributed by atoms with Crippen LogP contribution < -0.4 is 10.0 Å². The maximum atomic E-state index is 12.9. The van der Waals surface area contributed by atoms with Gasteiger partial charge in [0.2, 0.25) is 21.8 Å². The Balaban J connectivity index is 2.03. The molecule has 0 atom stereocenters. The zero-order chi connectivity index (χ0) is 19.6. The average molecular weight is 391 g/mol. The Hall–Kier alpha value is -2.19. The molecule has 2 N–H and O–H groups in total. The monoisotopic (exact) mass is 391 g/mol. The van der Waals surface area contributed by atoms with E-state index in [9.17, 15) is 13.2 Å². The number of nitrogens with zero attached hydrogens (tertiary/aromatic N) is 1. The first-order valence-corrected chi connectivity index (χ1v) is 10.7. The van der Waals surface area contributed by atoms with Gasteiger partial charge in [-0.05, 0) is 43.4 Å². The van der Waals surface area contributed by atoms with Crippen LogP contribution in [0.2, 0.25) is 0 Å². The molecule has 1 amide bonds. The van der Waals surface area contributed by atoms with Crippen LogP contribution in [0.5, 0.6) is 0 Å². The first-order valence-electron chi connectivity index (χ1n) is 9.21. The number of benzene rings is 1. The molecule has 1 fully saturated rings. The third kappa shape index (κ3) is 4.22. The highest BCUT2D eigenvalue weighted by molar-refractivity contribution is 7.89. The number of nitrogens with one attached hydrogen (secondary N) is 2. The summed E-state index contributed by atoms with van der Waals surface area (Å²) in [5.41, 5.74) is 2.59. The summed E-state index contributed by atoms with van der Waals surface area (Å²) in [6.07, 6.45) is 4.43. The summed E-state index contributed by atoms with van der Waals surface area (Å²) in [5, 5.41) is 6.63. The van der Waals surface area contributed by atoms with Gasteiger partial charge >= 0.3 is 0 Å². The van der Waals surface area contributed by atoms with Gasteiger partial charge in [-0.1, -0.05) is 37.1 Å². The van der Waals surface area contributed by atoms with Crippen molar-refractivity contribution in [3.05, 3.63) is 29.5 Å². The molecule has 0 aliphatic heterocycles. The van der Waals surface area contributed by atoms with Gasteiger partial charge in [-0.3, -0.25) is 10.1 Å². The van der Waals surface area contributed by atoms with Crippen molar-refractivity contribution in [2.75, 3.05) is 5.32 Å². The fourth-order valence-electron chi connectivity index (χ4n) is 3.48. The predicted molar refractivity (Wildman–Crippen MR) is 103 cm³/mol. The van der Waals surface area contributed by atoms with E-state index in [1.165, 1.54) is 6.92 Å². The molecule has 0 radical (unpaired) electrons. The molecule has 3 rings (SSSR count). The SMILES string of the molecule is CCc1noc(NC(C)=O)c1-c1ccc(C)c(S(=O)(=O)NC2CCCC2)c1. The van der Waals surface area contributed by atoms with Crippen LogP contribution in [0.3, 0.4) is 0 Å². The molecule has 7 nitrogen and oxygen atoms in total. The summed E-state index contributed by atoms with van der Waals surface area (Å²) in [7, 11) is -3.63. The number of carbonyl (C=O) groups excluding carboxylic acids is 1. The van der Waals surface area contributed by atoms with Crippen LogP contribution in [0.1, 0.15) is 50.8 Å². The second kappa shape index (κ2) is 7.82. The molecule has 2 aromatic rings. The Morgan fingerprint density at radius 2 is 2.00 bits per heavy atom. The normalized spacial score (nSPS) is 15.2. The number of rotatable bonds is 6. The molecule has 146 valence electrons. The van der Waals surface area contributed by atoms with Crippen molar-refractivity contribution >= 4 is 21.8 Å². The van der Waals surface area contributed by atoms with Crippen LogP contribution in [0.15, 0.2) is 27.6 Å². The average Bonchev–Trinajstić information content (AvgIpc) is 3.24. The highest BCUT2D eigenvalue weighted by Gasteiger charge is 2.26. The van der Waals surface area contributed by atoms with Gasteiger partial charge in [0.05, 0.1) is 16.2 Å². The van der Waals surface area contributed by atoms with Crippen LogP contribution in [0.25, 0.3) is 11.1 Å². The topological polar surface area (TPSA) is 101 Å². The molecule has 8 heteroatoms. The number of carbonyl (C=O) groups is 1. The van der Waals surface area contributed by atoms with Gasteiger partial charge in [0.15, 0.2) is 0 Å². The summed E-state index contributed by atoms with van der Waals surface area (Å²) >= 11 is 0. The number of sulfonamides is 1. The third-order valence-corrected chi connectivity index (χ3v) is 6.49. The minimum Gasteiger partial charge on any atom is -0.337 e. The lowest BCUT2D eigenvalue weighted by atomic mass is 10.0. The lowest BCUT2D eigenvalue weighted by Crippen LogP contribution is -2.33. The highest BCUT2D eigenvalue weighted by Crippen LogP contribution is 2.34. The Bertz CT molecular complexity index is 944. The number of anilines is 1. The largest absolute Gasteiger partial charge is 0.337 e. The summed E-state index contributed by atoms with van der Waals surface area (Å²) in [5.74, 6) is -0.0480. The molecule has 1 heterocycles. The van der Waals surface area contributed by atoms with Gasteiger partial charge in [0, 0.05) is 13.0 Å². The third-order valence-electron chi connectivity index (χ3n) is 4.83. The fraction of sp³-hybridized carbons (Fsp3) is 0.474. The summed E-state index contributed by atoms with van der Waals surface area (Å²) in [4.78, 5) is 11.7. The molecule has 0 saturated heterocycles. The van der Waals surface area contributed by atoms with E-state index in [1.54, 1.807) is 19.1 Å². The molecule has 0 bridgehead atoms. The molecule has 1 saturated carbocycles. The van der Waals surface area contributed by atoms with Gasteiger partial charge in [-0.25, -0.2) is 13.1 Å². The summed E-state index contributed by atoms with van der Waals surface area (Å²) < 4.78 is 33.9. The molecule has 0 unspecified atom stereocenters. The molecular formula is C19H25N3O4S. The molecule has 1 aliphatic carbocycles. The maximum absolute atomic E-state index is 12.9. The van der Waals surface area contributed by atoms with Crippen molar-refractivity contribution in [2.45, 2.75) is 63.8 Å². The van der Waals surface area contributed by atoms with Crippen LogP contribution in [-0.2, 0) is 21.2 Å². The predicted octanol–water partition coefficient (Wildman–Crippen LogP) is 3.39. The number of aromatic nitrogens is 1. The maximum Gasteiger partial charge on any atom is 0.241 e. The quantitative estimate of drug-likeness (QED) is 0.786. The number of aryl methyl sites for hydroxylation is 2. The Morgan fingerprint density at radius 1 is 1.30 bits per heavy atom. The fourth-order valence-corrected chi connectivity index (χ4v) is 5.05. The zero-order valence-electron chi connectivity index (χ0n) is 15.8. The van der Waals surface area contributed by atoms with Crippen LogP contribution in [0.4, 0.5) is 5.88 Å². The second-order valence-electron chi connectivity index (χ2n) is 6.95. The number of hydrogen-bond donors (Lipinski definition) is 2. The van der Waals surface area contributed by atoms with Crippen molar-refractivity contribution in [2.24, 2.45) is 0 Å². The number of amides is 1. The smallest absolute Gasteiger partial charge is 0.241 e. The van der Waals surface area contributed by atoms with Crippen molar-refractivity contribution < 1.29 is 17.7 Å². The Labute approximate surface area is 159 Å². The zero-order valence-corrected chi connectivity index (χ0v) is 16.6. The van der Waals surface area contributed by atoms with Gasteiger partial charge in [0.25, 0.3) is 0 Å². The molecule has 0 spiro atoms. The van der Waals surface area contributed by atoms with Crippen LogP contribution in [0, 0.1) is 6.92 Å². The Kier molecular flexibility index (Phi) is 5.67. The molecule has 1 aliphatic rings. The first-order chi connectivity index (χ1) is 12.8. The molecular weight excluding hydrogens is 366 g/mol. The van der Waals surface area contributed by atoms with Crippen LogP contribution >= 0.6 is 0 Å². The molecule has 1 aromatic carbocycles. The van der Waals surface area contributed by atoms with Crippen molar-refractivity contribution in [1.29, 1.82) is 0 Å². The highest BCUT2D eigenvalue weighted by atomic mass is 32.2. The Morgan fingerprint density at radius 3 is 2.63 bits per heavy atom. The minimum absolute atomic E-state index is 0.00482. The summed E-state index contributed by atoms with van der Waals surface area (Å²) in [6.45, 7) is 5.08. The van der Waals surface area contributed by atoms with E-state index in [-0.39, 0.29) is 22.7 Å². The van der Waals surface area contributed by atoms with E-state index in [0.29, 0.717) is 28.8 Å². The minimum atomic E-state index is -3.63. The van der Waals surface area contributed by atoms with Gasteiger partial charge < -0.3 is 4.52 Å². The van der Waals surface area contributed by atoms with Crippen LogP contribution in [-0.4, -0.2) is 25.5 Å². The van der Waals surface area contributed by atoms with E-state index < -0.39 is 10.0 Å². The first kappa shape index (κ1) is 19.6.